The van der Waals surface area contributed by atoms with E-state index in [1.54, 1.807) is 16.8 Å². The summed E-state index contributed by atoms with van der Waals surface area (Å²) in [5.41, 5.74) is 1.65. The summed E-state index contributed by atoms with van der Waals surface area (Å²) in [4.78, 5) is 31.4. The van der Waals surface area contributed by atoms with E-state index in [2.05, 4.69) is 34.6 Å². The highest BCUT2D eigenvalue weighted by Crippen LogP contribution is 2.52. The van der Waals surface area contributed by atoms with Gasteiger partial charge in [-0.2, -0.15) is 0 Å². The molecule has 1 spiro atoms. The molecule has 3 aromatic rings. The standard InChI is InChI=1S/C28H32Cl2N6O2/c1-18(19-8-10-20(29)11-9-19)36-26-25(32-33-36)28(17-24(37)31-26)22-16-21(30)12-13-23(22)35(27(28)38)15-7-5-4-6-14-34(2)3/h8-13,16,18H,4-7,14-15,17H2,1-3H3,(H,31,37)/t18?,28-/m1/s1. The van der Waals surface area contributed by atoms with Crippen LogP contribution >= 0.6 is 23.2 Å². The lowest BCUT2D eigenvalue weighted by molar-refractivity contribution is -0.126. The predicted molar refractivity (Wildman–Crippen MR) is 150 cm³/mol. The number of carbonyl (C=O) groups is 2. The van der Waals surface area contributed by atoms with Crippen molar-refractivity contribution in [2.45, 2.75) is 50.5 Å². The number of amides is 2. The van der Waals surface area contributed by atoms with Crippen LogP contribution in [0.5, 0.6) is 0 Å². The third-order valence-corrected chi connectivity index (χ3v) is 8.05. The summed E-state index contributed by atoms with van der Waals surface area (Å²) in [5.74, 6) is 0.0352. The third-order valence-electron chi connectivity index (χ3n) is 7.56. The summed E-state index contributed by atoms with van der Waals surface area (Å²) < 4.78 is 1.67. The first-order chi connectivity index (χ1) is 18.2. The molecule has 2 aliphatic heterocycles. The first-order valence-electron chi connectivity index (χ1n) is 13.0. The van der Waals surface area contributed by atoms with E-state index in [-0.39, 0.29) is 24.3 Å². The van der Waals surface area contributed by atoms with Crippen LogP contribution in [-0.2, 0) is 15.0 Å². The Labute approximate surface area is 232 Å². The Morgan fingerprint density at radius 2 is 1.74 bits per heavy atom. The molecule has 2 atom stereocenters. The number of hydrogen-bond donors (Lipinski definition) is 1. The van der Waals surface area contributed by atoms with Gasteiger partial charge in [-0.3, -0.25) is 9.59 Å². The van der Waals surface area contributed by atoms with Gasteiger partial charge in [0.15, 0.2) is 5.82 Å². The normalized spacial score (nSPS) is 19.2. The van der Waals surface area contributed by atoms with Crippen LogP contribution < -0.4 is 10.2 Å². The van der Waals surface area contributed by atoms with Crippen molar-refractivity contribution in [3.63, 3.8) is 0 Å². The van der Waals surface area contributed by atoms with Gasteiger partial charge < -0.3 is 15.1 Å². The second-order valence-corrected chi connectivity index (χ2v) is 11.3. The average Bonchev–Trinajstić information content (AvgIpc) is 3.39. The molecule has 1 N–H and O–H groups in total. The zero-order valence-corrected chi connectivity index (χ0v) is 23.4. The van der Waals surface area contributed by atoms with Crippen LogP contribution in [0.15, 0.2) is 42.5 Å². The monoisotopic (exact) mass is 554 g/mol. The summed E-state index contributed by atoms with van der Waals surface area (Å²) in [7, 11) is 4.15. The van der Waals surface area contributed by atoms with E-state index in [0.717, 1.165) is 43.5 Å². The Morgan fingerprint density at radius 1 is 1.03 bits per heavy atom. The van der Waals surface area contributed by atoms with Crippen molar-refractivity contribution in [1.29, 1.82) is 0 Å². The van der Waals surface area contributed by atoms with Crippen molar-refractivity contribution < 1.29 is 9.59 Å². The fourth-order valence-electron chi connectivity index (χ4n) is 5.57. The maximum atomic E-state index is 14.3. The minimum absolute atomic E-state index is 0.0421. The highest BCUT2D eigenvalue weighted by molar-refractivity contribution is 6.31. The van der Waals surface area contributed by atoms with Crippen molar-refractivity contribution in [1.82, 2.24) is 19.9 Å². The fourth-order valence-corrected chi connectivity index (χ4v) is 5.86. The molecule has 0 fully saturated rings. The number of hydrogen-bond acceptors (Lipinski definition) is 5. The van der Waals surface area contributed by atoms with E-state index in [1.807, 2.05) is 42.2 Å². The van der Waals surface area contributed by atoms with Crippen molar-refractivity contribution in [3.8, 4) is 0 Å². The molecule has 2 aromatic carbocycles. The molecule has 1 unspecified atom stereocenters. The Balaban J connectivity index is 1.49. The summed E-state index contributed by atoms with van der Waals surface area (Å²) >= 11 is 12.5. The molecule has 38 heavy (non-hydrogen) atoms. The number of nitrogens with one attached hydrogen (secondary N) is 1. The van der Waals surface area contributed by atoms with Gasteiger partial charge in [-0.05, 0) is 81.9 Å². The van der Waals surface area contributed by atoms with Gasteiger partial charge >= 0.3 is 0 Å². The first kappa shape index (κ1) is 26.7. The Hall–Kier alpha value is -2.94. The SMILES string of the molecule is CC(c1ccc(Cl)cc1)n1nnc2c1NC(=O)C[C@]21C(=O)N(CCCCCCN(C)C)c2ccc(Cl)cc21. The van der Waals surface area contributed by atoms with Gasteiger partial charge in [-0.1, -0.05) is 53.4 Å². The summed E-state index contributed by atoms with van der Waals surface area (Å²) in [6.45, 7) is 3.59. The van der Waals surface area contributed by atoms with Gasteiger partial charge in [-0.15, -0.1) is 5.10 Å². The lowest BCUT2D eigenvalue weighted by Gasteiger charge is -2.31. The van der Waals surface area contributed by atoms with E-state index < -0.39 is 5.41 Å². The Kier molecular flexibility index (Phi) is 7.49. The van der Waals surface area contributed by atoms with Crippen LogP contribution in [0.2, 0.25) is 10.0 Å². The third kappa shape index (κ3) is 4.70. The Bertz CT molecular complexity index is 1360. The maximum absolute atomic E-state index is 14.3. The lowest BCUT2D eigenvalue weighted by atomic mass is 9.73. The van der Waals surface area contributed by atoms with E-state index in [1.165, 1.54) is 0 Å². The second kappa shape index (κ2) is 10.7. The molecule has 1 aromatic heterocycles. The van der Waals surface area contributed by atoms with Crippen LogP contribution in [-0.4, -0.2) is 58.9 Å². The number of rotatable bonds is 9. The van der Waals surface area contributed by atoms with E-state index in [0.29, 0.717) is 33.7 Å². The van der Waals surface area contributed by atoms with Gasteiger partial charge in [0.1, 0.15) is 11.1 Å². The smallest absolute Gasteiger partial charge is 0.244 e. The number of anilines is 2. The van der Waals surface area contributed by atoms with Crippen LogP contribution in [0.1, 0.15) is 61.9 Å². The zero-order valence-electron chi connectivity index (χ0n) is 21.9. The predicted octanol–water partition coefficient (Wildman–Crippen LogP) is 5.29. The topological polar surface area (TPSA) is 83.4 Å². The summed E-state index contributed by atoms with van der Waals surface area (Å²) in [6.07, 6.45) is 4.07. The highest BCUT2D eigenvalue weighted by Gasteiger charge is 2.58. The number of carbonyl (C=O) groups excluding carboxylic acids is 2. The lowest BCUT2D eigenvalue weighted by Crippen LogP contribution is -2.47. The minimum atomic E-state index is -1.26. The van der Waals surface area contributed by atoms with Crippen molar-refractivity contribution in [2.75, 3.05) is 37.4 Å². The van der Waals surface area contributed by atoms with E-state index >= 15 is 0 Å². The van der Waals surface area contributed by atoms with Crippen molar-refractivity contribution in [3.05, 3.63) is 69.3 Å². The molecule has 0 aliphatic carbocycles. The average molecular weight is 556 g/mol. The molecule has 0 saturated heterocycles. The minimum Gasteiger partial charge on any atom is -0.311 e. The van der Waals surface area contributed by atoms with Gasteiger partial charge in [0.2, 0.25) is 11.8 Å². The number of nitrogens with zero attached hydrogens (tertiary/aromatic N) is 5. The Morgan fingerprint density at radius 3 is 2.47 bits per heavy atom. The molecule has 8 nitrogen and oxygen atoms in total. The number of unbranched alkanes of at least 4 members (excludes halogenated alkanes) is 3. The van der Waals surface area contributed by atoms with E-state index in [9.17, 15) is 9.59 Å². The van der Waals surface area contributed by atoms with Gasteiger partial charge in [-0.25, -0.2) is 4.68 Å². The molecule has 2 aliphatic rings. The van der Waals surface area contributed by atoms with E-state index in [4.69, 9.17) is 23.2 Å². The van der Waals surface area contributed by atoms with Gasteiger partial charge in [0.25, 0.3) is 0 Å². The number of fused-ring (bicyclic) bond motifs is 4. The largest absolute Gasteiger partial charge is 0.311 e. The molecular formula is C28H32Cl2N6O2. The summed E-state index contributed by atoms with van der Waals surface area (Å²) in [5, 5.41) is 13.0. The molecule has 3 heterocycles. The van der Waals surface area contributed by atoms with Gasteiger partial charge in [0, 0.05) is 22.3 Å². The quantitative estimate of drug-likeness (QED) is 0.363. The number of aromatic nitrogens is 3. The van der Waals surface area contributed by atoms with Crippen LogP contribution in [0.3, 0.4) is 0 Å². The van der Waals surface area contributed by atoms with Crippen LogP contribution in [0.25, 0.3) is 0 Å². The maximum Gasteiger partial charge on any atom is 0.244 e. The molecule has 0 saturated carbocycles. The zero-order chi connectivity index (χ0) is 27.0. The molecular weight excluding hydrogens is 523 g/mol. The molecule has 0 bridgehead atoms. The van der Waals surface area contributed by atoms with Crippen molar-refractivity contribution in [2.24, 2.45) is 0 Å². The molecule has 10 heteroatoms. The molecule has 2 amide bonds. The highest BCUT2D eigenvalue weighted by atomic mass is 35.5. The molecule has 0 radical (unpaired) electrons. The van der Waals surface area contributed by atoms with Crippen molar-refractivity contribution >= 4 is 46.5 Å². The summed E-state index contributed by atoms with van der Waals surface area (Å²) in [6, 6.07) is 12.7. The van der Waals surface area contributed by atoms with Crippen LogP contribution in [0, 0.1) is 0 Å². The number of halogens is 2. The number of benzene rings is 2. The molecule has 5 rings (SSSR count). The second-order valence-electron chi connectivity index (χ2n) is 10.4. The fraction of sp³-hybridized carbons (Fsp3) is 0.429. The van der Waals surface area contributed by atoms with Gasteiger partial charge in [0.05, 0.1) is 12.5 Å². The first-order valence-corrected chi connectivity index (χ1v) is 13.8. The van der Waals surface area contributed by atoms with Crippen LogP contribution in [0.4, 0.5) is 11.5 Å². The molecule has 200 valence electrons.